The van der Waals surface area contributed by atoms with Gasteiger partial charge in [0.2, 0.25) is 0 Å². The molecular weight excluding hydrogens is 372 g/mol. The van der Waals surface area contributed by atoms with Crippen molar-refractivity contribution >= 4 is 39.1 Å². The molecule has 3 aromatic rings. The van der Waals surface area contributed by atoms with E-state index in [2.05, 4.69) is 4.98 Å². The summed E-state index contributed by atoms with van der Waals surface area (Å²) in [5.41, 5.74) is 1.16. The number of ketones is 1. The fourth-order valence-electron chi connectivity index (χ4n) is 2.61. The van der Waals surface area contributed by atoms with Gasteiger partial charge in [0.15, 0.2) is 22.4 Å². The van der Waals surface area contributed by atoms with E-state index in [1.807, 2.05) is 20.8 Å². The first-order valence-electron chi connectivity index (χ1n) is 8.02. The van der Waals surface area contributed by atoms with Crippen LogP contribution in [0.25, 0.3) is 10.2 Å². The number of thioether (sulfide) groups is 1. The number of benzene rings is 1. The number of fused-ring (bicyclic) bond motifs is 1. The van der Waals surface area contributed by atoms with Crippen LogP contribution in [-0.4, -0.2) is 31.3 Å². The summed E-state index contributed by atoms with van der Waals surface area (Å²) in [6, 6.07) is 3.96. The van der Waals surface area contributed by atoms with Gasteiger partial charge in [-0.25, -0.2) is 4.98 Å². The Hall–Kier alpha value is -2.32. The number of nitrogens with zero attached hydrogens (tertiary/aromatic N) is 2. The lowest BCUT2D eigenvalue weighted by Crippen LogP contribution is -2.22. The van der Waals surface area contributed by atoms with Crippen LogP contribution in [-0.2, 0) is 6.54 Å². The van der Waals surface area contributed by atoms with Gasteiger partial charge in [-0.05, 0) is 44.5 Å². The third-order valence-electron chi connectivity index (χ3n) is 4.20. The fourth-order valence-corrected chi connectivity index (χ4v) is 4.64. The number of phenolic OH excluding ortho intramolecular Hbond substituents is 2. The number of rotatable bonds is 5. The topological polar surface area (TPSA) is 92.4 Å². The Morgan fingerprint density at radius 2 is 2.00 bits per heavy atom. The van der Waals surface area contributed by atoms with Gasteiger partial charge < -0.3 is 10.2 Å². The summed E-state index contributed by atoms with van der Waals surface area (Å²) in [6.45, 7) is 6.22. The zero-order valence-electron chi connectivity index (χ0n) is 14.6. The molecule has 0 bridgehead atoms. The monoisotopic (exact) mass is 390 g/mol. The third kappa shape index (κ3) is 3.22. The fraction of sp³-hybridized carbons (Fsp3) is 0.278. The molecule has 2 aromatic heterocycles. The van der Waals surface area contributed by atoms with Crippen molar-refractivity contribution in [1.82, 2.24) is 9.55 Å². The first-order chi connectivity index (χ1) is 12.3. The van der Waals surface area contributed by atoms with E-state index in [1.165, 1.54) is 41.3 Å². The van der Waals surface area contributed by atoms with E-state index in [0.29, 0.717) is 27.5 Å². The molecule has 0 saturated carbocycles. The lowest BCUT2D eigenvalue weighted by molar-refractivity contribution is 0.102. The van der Waals surface area contributed by atoms with Crippen LogP contribution in [0.5, 0.6) is 11.5 Å². The maximum Gasteiger partial charge on any atom is 0.263 e. The Bertz CT molecular complexity index is 1070. The number of carbonyl (C=O) groups is 1. The van der Waals surface area contributed by atoms with E-state index >= 15 is 0 Å². The second-order valence-corrected chi connectivity index (χ2v) is 7.97. The molecule has 6 nitrogen and oxygen atoms in total. The van der Waals surface area contributed by atoms with E-state index in [-0.39, 0.29) is 28.6 Å². The number of aryl methyl sites for hydroxylation is 2. The molecule has 2 heterocycles. The number of phenols is 2. The normalized spacial score (nSPS) is 11.2. The quantitative estimate of drug-likeness (QED) is 0.300. The summed E-state index contributed by atoms with van der Waals surface area (Å²) in [4.78, 5) is 31.5. The molecular formula is C18H18N2O4S2. The van der Waals surface area contributed by atoms with E-state index in [0.717, 1.165) is 10.4 Å². The smallest absolute Gasteiger partial charge is 0.263 e. The molecule has 0 aliphatic rings. The number of aromatic hydroxyl groups is 2. The van der Waals surface area contributed by atoms with Crippen LogP contribution >= 0.6 is 23.1 Å². The average Bonchev–Trinajstić information content (AvgIpc) is 2.89. The molecule has 0 amide bonds. The molecule has 0 aliphatic heterocycles. The van der Waals surface area contributed by atoms with Crippen molar-refractivity contribution in [1.29, 1.82) is 0 Å². The second-order valence-electron chi connectivity index (χ2n) is 5.82. The lowest BCUT2D eigenvalue weighted by atomic mass is 10.1. The summed E-state index contributed by atoms with van der Waals surface area (Å²) in [6.07, 6.45) is 0. The largest absolute Gasteiger partial charge is 0.504 e. The highest BCUT2D eigenvalue weighted by Crippen LogP contribution is 2.29. The van der Waals surface area contributed by atoms with Crippen LogP contribution in [0.15, 0.2) is 28.2 Å². The van der Waals surface area contributed by atoms with Gasteiger partial charge in [0.1, 0.15) is 4.83 Å². The van der Waals surface area contributed by atoms with E-state index in [4.69, 9.17) is 0 Å². The lowest BCUT2D eigenvalue weighted by Gasteiger charge is -2.10. The van der Waals surface area contributed by atoms with Crippen molar-refractivity contribution in [2.75, 3.05) is 5.75 Å². The molecule has 3 rings (SSSR count). The van der Waals surface area contributed by atoms with Gasteiger partial charge in [-0.2, -0.15) is 0 Å². The maximum absolute atomic E-state index is 12.8. The highest BCUT2D eigenvalue weighted by molar-refractivity contribution is 7.99. The molecule has 0 saturated heterocycles. The van der Waals surface area contributed by atoms with Crippen molar-refractivity contribution < 1.29 is 15.0 Å². The molecule has 8 heteroatoms. The third-order valence-corrected chi connectivity index (χ3v) is 6.28. The molecule has 26 heavy (non-hydrogen) atoms. The molecule has 136 valence electrons. The minimum atomic E-state index is -0.338. The van der Waals surface area contributed by atoms with Crippen molar-refractivity contribution in [3.63, 3.8) is 0 Å². The Kier molecular flexibility index (Phi) is 5.06. The minimum Gasteiger partial charge on any atom is -0.504 e. The van der Waals surface area contributed by atoms with Gasteiger partial charge in [0.05, 0.1) is 11.1 Å². The van der Waals surface area contributed by atoms with Crippen molar-refractivity contribution in [3.8, 4) is 11.5 Å². The molecule has 1 aromatic carbocycles. The molecule has 0 atom stereocenters. The summed E-state index contributed by atoms with van der Waals surface area (Å²) in [7, 11) is 0. The van der Waals surface area contributed by atoms with E-state index < -0.39 is 0 Å². The van der Waals surface area contributed by atoms with Crippen LogP contribution < -0.4 is 5.56 Å². The predicted octanol–water partition coefficient (Wildman–Crippen LogP) is 3.48. The number of hydrogen-bond donors (Lipinski definition) is 2. The van der Waals surface area contributed by atoms with Gasteiger partial charge in [-0.3, -0.25) is 14.2 Å². The Morgan fingerprint density at radius 1 is 1.27 bits per heavy atom. The standard InChI is InChI=1S/C18H18N2O4S2/c1-4-20-17(24)15-9(2)10(3)26-16(15)19-18(20)25-8-14(23)11-5-6-12(21)13(22)7-11/h5-7,21-22H,4,8H2,1-3H3. The molecule has 0 unspecified atom stereocenters. The predicted molar refractivity (Wildman–Crippen MR) is 104 cm³/mol. The highest BCUT2D eigenvalue weighted by Gasteiger charge is 2.17. The average molecular weight is 390 g/mol. The van der Waals surface area contributed by atoms with Crippen LogP contribution in [0.1, 0.15) is 27.7 Å². The maximum atomic E-state index is 12.8. The van der Waals surface area contributed by atoms with E-state index in [9.17, 15) is 19.8 Å². The van der Waals surface area contributed by atoms with Gasteiger partial charge >= 0.3 is 0 Å². The van der Waals surface area contributed by atoms with Crippen molar-refractivity contribution in [2.45, 2.75) is 32.5 Å². The molecule has 2 N–H and O–H groups in total. The summed E-state index contributed by atoms with van der Waals surface area (Å²) in [5, 5.41) is 20.0. The Balaban J connectivity index is 1.92. The van der Waals surface area contributed by atoms with Gasteiger partial charge in [-0.15, -0.1) is 11.3 Å². The van der Waals surface area contributed by atoms with Gasteiger partial charge in [-0.1, -0.05) is 11.8 Å². The SMILES string of the molecule is CCn1c(SCC(=O)c2ccc(O)c(O)c2)nc2sc(C)c(C)c2c1=O. The Morgan fingerprint density at radius 3 is 2.65 bits per heavy atom. The zero-order valence-corrected chi connectivity index (χ0v) is 16.2. The summed E-state index contributed by atoms with van der Waals surface area (Å²) in [5.74, 6) is -0.758. The van der Waals surface area contributed by atoms with Crippen LogP contribution in [0.3, 0.4) is 0 Å². The molecule has 0 radical (unpaired) electrons. The number of hydrogen-bond acceptors (Lipinski definition) is 7. The van der Waals surface area contributed by atoms with Crippen LogP contribution in [0, 0.1) is 13.8 Å². The summed E-state index contributed by atoms with van der Waals surface area (Å²) >= 11 is 2.67. The first-order valence-corrected chi connectivity index (χ1v) is 9.82. The molecule has 0 fully saturated rings. The van der Waals surface area contributed by atoms with Crippen LogP contribution in [0.2, 0.25) is 0 Å². The first kappa shape index (κ1) is 18.5. The summed E-state index contributed by atoms with van der Waals surface area (Å²) < 4.78 is 1.58. The van der Waals surface area contributed by atoms with Gasteiger partial charge in [0, 0.05) is 17.0 Å². The van der Waals surface area contributed by atoms with E-state index in [1.54, 1.807) is 4.57 Å². The van der Waals surface area contributed by atoms with Crippen molar-refractivity contribution in [3.05, 3.63) is 44.6 Å². The highest BCUT2D eigenvalue weighted by atomic mass is 32.2. The van der Waals surface area contributed by atoms with Gasteiger partial charge in [0.25, 0.3) is 5.56 Å². The Labute approximate surface area is 158 Å². The molecule has 0 spiro atoms. The second kappa shape index (κ2) is 7.13. The minimum absolute atomic E-state index is 0.0749. The number of carbonyl (C=O) groups excluding carboxylic acids is 1. The van der Waals surface area contributed by atoms with Crippen molar-refractivity contribution in [2.24, 2.45) is 0 Å². The van der Waals surface area contributed by atoms with Crippen LogP contribution in [0.4, 0.5) is 0 Å². The molecule has 0 aliphatic carbocycles. The number of thiophene rings is 1. The number of aromatic nitrogens is 2. The zero-order chi connectivity index (χ0) is 19.0. The number of Topliss-reactive ketones (excluding diaryl/α,β-unsaturated/α-hetero) is 1.